The first-order chi connectivity index (χ1) is 16.6. The number of aliphatic hydroxyl groups excluding tert-OH is 1. The molecule has 4 rings (SSSR count). The molecule has 1 unspecified atom stereocenters. The van der Waals surface area contributed by atoms with Gasteiger partial charge in [-0.25, -0.2) is 0 Å². The van der Waals surface area contributed by atoms with Crippen molar-refractivity contribution in [1.29, 1.82) is 5.26 Å². The van der Waals surface area contributed by atoms with Gasteiger partial charge in [-0.2, -0.15) is 18.4 Å². The number of rotatable bonds is 5. The second-order valence-corrected chi connectivity index (χ2v) is 9.65. The van der Waals surface area contributed by atoms with E-state index in [2.05, 4.69) is 5.16 Å². The summed E-state index contributed by atoms with van der Waals surface area (Å²) in [6.07, 6.45) is -2.41. The molecule has 0 bridgehead atoms. The van der Waals surface area contributed by atoms with Crippen LogP contribution < -0.4 is 4.90 Å². The lowest BCUT2D eigenvalue weighted by molar-refractivity contribution is -0.137. The number of nitrogens with zero attached hydrogens (tertiary/aromatic N) is 4. The topological polar surface area (TPSA) is 93.6 Å². The molecule has 2 aromatic rings. The summed E-state index contributed by atoms with van der Waals surface area (Å²) in [5.41, 5.74) is 0.574. The van der Waals surface area contributed by atoms with Crippen LogP contribution in [0.15, 0.2) is 22.7 Å². The Morgan fingerprint density at radius 3 is 2.60 bits per heavy atom. The van der Waals surface area contributed by atoms with Crippen molar-refractivity contribution >= 4 is 11.6 Å². The summed E-state index contributed by atoms with van der Waals surface area (Å²) >= 11 is 0. The molecule has 3 heterocycles. The number of piperidine rings is 1. The number of aryl methyl sites for hydroxylation is 2. The van der Waals surface area contributed by atoms with E-state index < -0.39 is 17.3 Å². The molecule has 1 atom stereocenters. The maximum absolute atomic E-state index is 13.4. The summed E-state index contributed by atoms with van der Waals surface area (Å²) < 4.78 is 45.3. The van der Waals surface area contributed by atoms with E-state index in [4.69, 9.17) is 9.78 Å². The number of aliphatic hydroxyl groups is 1. The predicted molar refractivity (Wildman–Crippen MR) is 121 cm³/mol. The number of aromatic nitrogens is 1. The predicted octanol–water partition coefficient (Wildman–Crippen LogP) is 3.85. The van der Waals surface area contributed by atoms with Gasteiger partial charge in [0.15, 0.2) is 0 Å². The highest BCUT2D eigenvalue weighted by molar-refractivity contribution is 5.77. The minimum Gasteiger partial charge on any atom is -0.396 e. The van der Waals surface area contributed by atoms with Crippen molar-refractivity contribution < 1.29 is 27.6 Å². The van der Waals surface area contributed by atoms with E-state index in [9.17, 15) is 23.1 Å². The zero-order valence-corrected chi connectivity index (χ0v) is 19.9. The van der Waals surface area contributed by atoms with E-state index in [1.807, 2.05) is 23.6 Å². The van der Waals surface area contributed by atoms with Crippen molar-refractivity contribution in [3.63, 3.8) is 0 Å². The third kappa shape index (κ3) is 4.87. The molecule has 1 N–H and O–H groups in total. The molecule has 1 amide bonds. The minimum absolute atomic E-state index is 0.0182. The number of benzene rings is 1. The molecule has 10 heteroatoms. The smallest absolute Gasteiger partial charge is 0.396 e. The highest BCUT2D eigenvalue weighted by Gasteiger charge is 2.49. The maximum Gasteiger partial charge on any atom is 0.417 e. The SMILES string of the molecule is Cc1noc(C)c1CCC(=O)N1CC(CO)C2(CCN(c3ccc(C#N)c(C(F)(F)F)c3)CC2)C1. The van der Waals surface area contributed by atoms with Crippen molar-refractivity contribution in [3.8, 4) is 6.07 Å². The lowest BCUT2D eigenvalue weighted by Gasteiger charge is -2.43. The monoisotopic (exact) mass is 490 g/mol. The average molecular weight is 491 g/mol. The number of halogens is 3. The fraction of sp³-hybridized carbons (Fsp3) is 0.560. The number of nitriles is 1. The molecule has 2 aliphatic rings. The highest BCUT2D eigenvalue weighted by atomic mass is 19.4. The Balaban J connectivity index is 1.42. The molecule has 1 spiro atoms. The summed E-state index contributed by atoms with van der Waals surface area (Å²) in [4.78, 5) is 16.7. The quantitative estimate of drug-likeness (QED) is 0.684. The standard InChI is InChI=1S/C25H29F3N4O3/c1-16-21(17(2)35-30-16)5-6-23(34)32-13-19(14-33)24(15-32)7-9-31(10-8-24)20-4-3-18(12-29)22(11-20)25(26,27)28/h3-4,11,19,33H,5-10,13-15H2,1-2H3. The Hall–Kier alpha value is -3.06. The summed E-state index contributed by atoms with van der Waals surface area (Å²) in [5, 5.41) is 23.0. The van der Waals surface area contributed by atoms with Gasteiger partial charge in [-0.3, -0.25) is 4.79 Å². The Labute approximate surface area is 202 Å². The Morgan fingerprint density at radius 1 is 1.31 bits per heavy atom. The number of carbonyl (C=O) groups excluding carboxylic acids is 1. The Bertz CT molecular complexity index is 1110. The van der Waals surface area contributed by atoms with Crippen LogP contribution in [0.2, 0.25) is 0 Å². The molecule has 188 valence electrons. The molecule has 1 aromatic heterocycles. The highest BCUT2D eigenvalue weighted by Crippen LogP contribution is 2.46. The van der Waals surface area contributed by atoms with E-state index in [0.29, 0.717) is 63.3 Å². The van der Waals surface area contributed by atoms with Crippen LogP contribution in [0, 0.1) is 36.5 Å². The van der Waals surface area contributed by atoms with Gasteiger partial charge < -0.3 is 19.4 Å². The van der Waals surface area contributed by atoms with Crippen molar-refractivity contribution in [2.45, 2.75) is 45.7 Å². The van der Waals surface area contributed by atoms with Crippen molar-refractivity contribution in [3.05, 3.63) is 46.3 Å². The maximum atomic E-state index is 13.4. The molecule has 2 aliphatic heterocycles. The zero-order chi connectivity index (χ0) is 25.4. The number of amides is 1. The molecule has 0 saturated carbocycles. The summed E-state index contributed by atoms with van der Waals surface area (Å²) in [7, 11) is 0. The van der Waals surface area contributed by atoms with Gasteiger partial charge in [0.2, 0.25) is 5.91 Å². The second-order valence-electron chi connectivity index (χ2n) is 9.65. The van der Waals surface area contributed by atoms with Crippen molar-refractivity contribution in [2.24, 2.45) is 11.3 Å². The lowest BCUT2D eigenvalue weighted by atomic mass is 9.71. The Morgan fingerprint density at radius 2 is 2.03 bits per heavy atom. The van der Waals surface area contributed by atoms with Crippen LogP contribution in [-0.2, 0) is 17.4 Å². The second kappa shape index (κ2) is 9.53. The van der Waals surface area contributed by atoms with E-state index >= 15 is 0 Å². The van der Waals surface area contributed by atoms with Gasteiger partial charge in [0, 0.05) is 56.4 Å². The third-order valence-electron chi connectivity index (χ3n) is 7.71. The largest absolute Gasteiger partial charge is 0.417 e. The summed E-state index contributed by atoms with van der Waals surface area (Å²) in [6.45, 7) is 5.68. The fourth-order valence-electron chi connectivity index (χ4n) is 5.56. The number of likely N-dealkylation sites (tertiary alicyclic amines) is 1. The number of hydrogen-bond acceptors (Lipinski definition) is 6. The van der Waals surface area contributed by atoms with Gasteiger partial charge in [-0.1, -0.05) is 5.16 Å². The fourth-order valence-corrected chi connectivity index (χ4v) is 5.56. The van der Waals surface area contributed by atoms with E-state index in [1.54, 1.807) is 12.1 Å². The molecule has 1 aromatic carbocycles. The lowest BCUT2D eigenvalue weighted by Crippen LogP contribution is -2.45. The number of carbonyl (C=O) groups is 1. The molecule has 0 radical (unpaired) electrons. The molecular weight excluding hydrogens is 461 g/mol. The molecule has 0 aliphatic carbocycles. The van der Waals surface area contributed by atoms with E-state index in [-0.39, 0.29) is 23.8 Å². The van der Waals surface area contributed by atoms with Crippen LogP contribution in [0.5, 0.6) is 0 Å². The van der Waals surface area contributed by atoms with E-state index in [0.717, 1.165) is 17.3 Å². The molecule has 35 heavy (non-hydrogen) atoms. The van der Waals surface area contributed by atoms with Gasteiger partial charge >= 0.3 is 6.18 Å². The van der Waals surface area contributed by atoms with Crippen LogP contribution in [0.1, 0.15) is 47.4 Å². The van der Waals surface area contributed by atoms with Gasteiger partial charge in [0.25, 0.3) is 0 Å². The van der Waals surface area contributed by atoms with Gasteiger partial charge in [0.1, 0.15) is 5.76 Å². The molecule has 2 fully saturated rings. The van der Waals surface area contributed by atoms with Crippen LogP contribution in [-0.4, -0.2) is 53.9 Å². The van der Waals surface area contributed by atoms with Gasteiger partial charge in [0.05, 0.1) is 22.9 Å². The first-order valence-corrected chi connectivity index (χ1v) is 11.7. The summed E-state index contributed by atoms with van der Waals surface area (Å²) in [5.74, 6) is 0.661. The van der Waals surface area contributed by atoms with Crippen molar-refractivity contribution in [2.75, 3.05) is 37.7 Å². The van der Waals surface area contributed by atoms with Crippen LogP contribution in [0.25, 0.3) is 0 Å². The number of hydrogen-bond donors (Lipinski definition) is 1. The Kier molecular flexibility index (Phi) is 6.82. The summed E-state index contributed by atoms with van der Waals surface area (Å²) in [6, 6.07) is 5.42. The van der Waals surface area contributed by atoms with E-state index in [1.165, 1.54) is 6.07 Å². The third-order valence-corrected chi connectivity index (χ3v) is 7.71. The van der Waals surface area contributed by atoms with Crippen LogP contribution in [0.4, 0.5) is 18.9 Å². The number of alkyl halides is 3. The van der Waals surface area contributed by atoms with Gasteiger partial charge in [-0.15, -0.1) is 0 Å². The normalized spacial score (nSPS) is 19.9. The zero-order valence-electron chi connectivity index (χ0n) is 19.9. The van der Waals surface area contributed by atoms with Gasteiger partial charge in [-0.05, 0) is 56.7 Å². The number of anilines is 1. The minimum atomic E-state index is -4.60. The molecule has 7 nitrogen and oxygen atoms in total. The van der Waals surface area contributed by atoms with Crippen LogP contribution >= 0.6 is 0 Å². The first-order valence-electron chi connectivity index (χ1n) is 11.7. The molecule has 2 saturated heterocycles. The van der Waals surface area contributed by atoms with Crippen LogP contribution in [0.3, 0.4) is 0 Å². The average Bonchev–Trinajstić information content (AvgIpc) is 3.36. The van der Waals surface area contributed by atoms with Crippen molar-refractivity contribution in [1.82, 2.24) is 10.1 Å². The first kappa shape index (κ1) is 25.0. The molecular formula is C25H29F3N4O3.